The quantitative estimate of drug-likeness (QED) is 0.153. The molecule has 10 rings (SSSR count). The van der Waals surface area contributed by atoms with Crippen molar-refractivity contribution in [2.45, 2.75) is 148 Å². The molecule has 3 aliphatic carbocycles. The number of aromatic nitrogens is 1. The van der Waals surface area contributed by atoms with E-state index in [0.29, 0.717) is 0 Å². The number of para-hydroxylation sites is 1. The van der Waals surface area contributed by atoms with Gasteiger partial charge in [-0.25, -0.2) is 0 Å². The third kappa shape index (κ3) is 6.32. The first kappa shape index (κ1) is 40.3. The summed E-state index contributed by atoms with van der Waals surface area (Å²) in [5.74, 6) is 0.222. The van der Waals surface area contributed by atoms with E-state index in [1.54, 1.807) is 0 Å². The predicted octanol–water partition coefficient (Wildman–Crippen LogP) is 13.3. The summed E-state index contributed by atoms with van der Waals surface area (Å²) in [7, 11) is 0. The molecule has 5 aromatic rings. The fraction of sp³-hybridized carbons (Fsp3) is 0.421. The molecule has 4 aromatic carbocycles. The Labute approximate surface area is 367 Å². The van der Waals surface area contributed by atoms with Gasteiger partial charge in [-0.05, 0) is 171 Å². The maximum Gasteiger partial charge on any atom is 0.247 e. The number of aryl methyl sites for hydroxylation is 1. The summed E-state index contributed by atoms with van der Waals surface area (Å²) < 4.78 is 0. The minimum absolute atomic E-state index is 0.0857. The highest BCUT2D eigenvalue weighted by Crippen LogP contribution is 2.54. The Balaban J connectivity index is 1.29. The Morgan fingerprint density at radius 1 is 0.623 bits per heavy atom. The average Bonchev–Trinajstić information content (AvgIpc) is 3.26. The largest absolute Gasteiger partial charge is 0.335 e. The maximum absolute atomic E-state index is 5.13. The van der Waals surface area contributed by atoms with Gasteiger partial charge in [0.15, 0.2) is 0 Å². The standard InChI is InChI=1S/C57H66BN3/c1-11-13-18-37-22-27-47-50(33-37)61(39-24-26-43-45(35-39)57(9,10)31-29-55(43,5)6)53-40(12-2)41(48-20-16-17-32-59-48)36-51-52(53)58(47)46-19-14-15-21-49(46)60(51)38-23-25-42-44(34-38)56(7,8)30-28-54(42,3)4/h14-17,19-27,32-36,40,53H,11-13,18,28-31H2,1-10H3. The van der Waals surface area contributed by atoms with Gasteiger partial charge in [-0.3, -0.25) is 4.98 Å². The zero-order valence-electron chi connectivity index (χ0n) is 38.6. The first-order valence-corrected chi connectivity index (χ1v) is 23.6. The van der Waals surface area contributed by atoms with Crippen LogP contribution in [0.15, 0.2) is 121 Å². The third-order valence-electron chi connectivity index (χ3n) is 16.1. The Morgan fingerprint density at radius 3 is 1.87 bits per heavy atom. The number of unbranched alkanes of at least 4 members (excludes halogenated alkanes) is 1. The molecule has 0 bridgehead atoms. The highest BCUT2D eigenvalue weighted by molar-refractivity contribution is 6.94. The van der Waals surface area contributed by atoms with Crippen LogP contribution in [0.2, 0.25) is 0 Å². The zero-order valence-corrected chi connectivity index (χ0v) is 38.6. The maximum atomic E-state index is 5.13. The van der Waals surface area contributed by atoms with Gasteiger partial charge in [-0.1, -0.05) is 124 Å². The van der Waals surface area contributed by atoms with Crippen molar-refractivity contribution in [2.75, 3.05) is 9.80 Å². The molecule has 0 amide bonds. The summed E-state index contributed by atoms with van der Waals surface area (Å²) in [6.45, 7) is 24.5. The molecular formula is C57H66BN3. The molecule has 2 atom stereocenters. The number of benzene rings is 4. The van der Waals surface area contributed by atoms with Crippen molar-refractivity contribution >= 4 is 46.0 Å². The van der Waals surface area contributed by atoms with Gasteiger partial charge in [0.05, 0.1) is 11.7 Å². The van der Waals surface area contributed by atoms with Crippen molar-refractivity contribution in [1.29, 1.82) is 0 Å². The Kier molecular flexibility index (Phi) is 9.48. The first-order chi connectivity index (χ1) is 29.1. The number of fused-ring (bicyclic) bond motifs is 6. The molecule has 3 heterocycles. The van der Waals surface area contributed by atoms with E-state index in [2.05, 4.69) is 182 Å². The van der Waals surface area contributed by atoms with Crippen LogP contribution in [0.3, 0.4) is 0 Å². The third-order valence-corrected chi connectivity index (χ3v) is 16.1. The van der Waals surface area contributed by atoms with E-state index >= 15 is 0 Å². The van der Waals surface area contributed by atoms with Crippen LogP contribution < -0.4 is 20.7 Å². The smallest absolute Gasteiger partial charge is 0.247 e. The predicted molar refractivity (Wildman–Crippen MR) is 261 cm³/mol. The van der Waals surface area contributed by atoms with Crippen molar-refractivity contribution in [3.8, 4) is 0 Å². The molecule has 4 heteroatoms. The van der Waals surface area contributed by atoms with Crippen LogP contribution in [0.25, 0.3) is 5.57 Å². The number of rotatable bonds is 7. The second-order valence-corrected chi connectivity index (χ2v) is 21.8. The SMILES string of the molecule is CCCCc1ccc2c(c1)N(c1ccc3c(c1)C(C)(C)CCC3(C)C)C1C3=C(C=C(c4ccccn4)C1CC)N(c1ccc4c(c1)C(C)(C)CCC4(C)C)c1ccccc1B32. The molecule has 3 nitrogen and oxygen atoms in total. The van der Waals surface area contributed by atoms with Crippen LogP contribution in [0.1, 0.15) is 148 Å². The molecule has 0 spiro atoms. The highest BCUT2D eigenvalue weighted by Gasteiger charge is 2.52. The molecule has 1 aromatic heterocycles. The van der Waals surface area contributed by atoms with Gasteiger partial charge in [0, 0.05) is 40.6 Å². The monoisotopic (exact) mass is 804 g/mol. The Hall–Kier alpha value is -4.83. The van der Waals surface area contributed by atoms with E-state index in [0.717, 1.165) is 18.5 Å². The lowest BCUT2D eigenvalue weighted by molar-refractivity contribution is 0.332. The molecule has 61 heavy (non-hydrogen) atoms. The number of hydrogen-bond acceptors (Lipinski definition) is 3. The zero-order chi connectivity index (χ0) is 42.6. The molecule has 0 saturated carbocycles. The van der Waals surface area contributed by atoms with Crippen molar-refractivity contribution in [3.05, 3.63) is 154 Å². The summed E-state index contributed by atoms with van der Waals surface area (Å²) in [6, 6.07) is 38.5. The highest BCUT2D eigenvalue weighted by atomic mass is 15.2. The van der Waals surface area contributed by atoms with E-state index in [1.807, 2.05) is 6.20 Å². The van der Waals surface area contributed by atoms with E-state index in [4.69, 9.17) is 4.98 Å². The van der Waals surface area contributed by atoms with Crippen LogP contribution in [-0.2, 0) is 28.1 Å². The lowest BCUT2D eigenvalue weighted by Crippen LogP contribution is -2.63. The van der Waals surface area contributed by atoms with Gasteiger partial charge in [-0.2, -0.15) is 0 Å². The Bertz CT molecular complexity index is 2610. The van der Waals surface area contributed by atoms with Crippen LogP contribution in [0, 0.1) is 5.92 Å². The van der Waals surface area contributed by atoms with Crippen molar-refractivity contribution < 1.29 is 0 Å². The topological polar surface area (TPSA) is 19.4 Å². The number of pyridine rings is 1. The van der Waals surface area contributed by atoms with Gasteiger partial charge < -0.3 is 9.80 Å². The summed E-state index contributed by atoms with van der Waals surface area (Å²) in [6.07, 6.45) is 13.8. The van der Waals surface area contributed by atoms with Crippen molar-refractivity contribution in [3.63, 3.8) is 0 Å². The van der Waals surface area contributed by atoms with Gasteiger partial charge in [0.1, 0.15) is 0 Å². The van der Waals surface area contributed by atoms with E-state index in [-0.39, 0.29) is 40.3 Å². The fourth-order valence-corrected chi connectivity index (χ4v) is 12.3. The van der Waals surface area contributed by atoms with Crippen LogP contribution in [0.4, 0.5) is 22.7 Å². The summed E-state index contributed by atoms with van der Waals surface area (Å²) in [5.41, 5.74) is 21.3. The van der Waals surface area contributed by atoms with Crippen LogP contribution in [-0.4, -0.2) is 17.7 Å². The molecule has 2 aliphatic heterocycles. The second kappa shape index (κ2) is 14.4. The van der Waals surface area contributed by atoms with Crippen molar-refractivity contribution in [2.24, 2.45) is 5.92 Å². The number of allylic oxidation sites excluding steroid dienone is 1. The van der Waals surface area contributed by atoms with E-state index in [1.165, 1.54) is 117 Å². The van der Waals surface area contributed by atoms with Crippen LogP contribution in [0.5, 0.6) is 0 Å². The first-order valence-electron chi connectivity index (χ1n) is 23.6. The summed E-state index contributed by atoms with van der Waals surface area (Å²) >= 11 is 0. The average molecular weight is 804 g/mol. The molecular weight excluding hydrogens is 737 g/mol. The van der Waals surface area contributed by atoms with E-state index < -0.39 is 0 Å². The number of nitrogens with zero attached hydrogens (tertiary/aromatic N) is 3. The molecule has 0 saturated heterocycles. The minimum Gasteiger partial charge on any atom is -0.335 e. The second-order valence-electron chi connectivity index (χ2n) is 21.8. The number of anilines is 4. The summed E-state index contributed by atoms with van der Waals surface area (Å²) in [5, 5.41) is 0. The minimum atomic E-state index is 0.0857. The molecule has 2 unspecified atom stereocenters. The number of hydrogen-bond donors (Lipinski definition) is 0. The lowest BCUT2D eigenvalue weighted by Gasteiger charge is -2.53. The lowest BCUT2D eigenvalue weighted by atomic mass is 9.30. The van der Waals surface area contributed by atoms with E-state index in [9.17, 15) is 0 Å². The Morgan fingerprint density at radius 2 is 1.23 bits per heavy atom. The van der Waals surface area contributed by atoms with Gasteiger partial charge in [-0.15, -0.1) is 0 Å². The molecule has 312 valence electrons. The van der Waals surface area contributed by atoms with Crippen molar-refractivity contribution in [1.82, 2.24) is 4.98 Å². The van der Waals surface area contributed by atoms with Crippen LogP contribution >= 0.6 is 0 Å². The summed E-state index contributed by atoms with van der Waals surface area (Å²) in [4.78, 5) is 10.6. The normalized spacial score (nSPS) is 22.4. The van der Waals surface area contributed by atoms with Gasteiger partial charge in [0.2, 0.25) is 6.71 Å². The van der Waals surface area contributed by atoms with Gasteiger partial charge in [0.25, 0.3) is 0 Å². The molecule has 0 fully saturated rings. The fourth-order valence-electron chi connectivity index (χ4n) is 12.3. The molecule has 0 N–H and O–H groups in total. The molecule has 5 aliphatic rings. The molecule has 0 radical (unpaired) electrons. The van der Waals surface area contributed by atoms with Gasteiger partial charge >= 0.3 is 0 Å².